The van der Waals surface area contributed by atoms with Gasteiger partial charge in [0.2, 0.25) is 0 Å². The van der Waals surface area contributed by atoms with E-state index in [9.17, 15) is 4.79 Å². The van der Waals surface area contributed by atoms with E-state index < -0.39 is 11.6 Å². The van der Waals surface area contributed by atoms with Gasteiger partial charge < -0.3 is 14.2 Å². The van der Waals surface area contributed by atoms with Gasteiger partial charge in [-0.3, -0.25) is 0 Å². The molecule has 0 saturated carbocycles. The Morgan fingerprint density at radius 1 is 1.04 bits per heavy atom. The van der Waals surface area contributed by atoms with Gasteiger partial charge in [0.15, 0.2) is 11.6 Å². The number of aromatic nitrogens is 2. The number of hydrogen-bond donors (Lipinski definition) is 0. The molecule has 27 heavy (non-hydrogen) atoms. The van der Waals surface area contributed by atoms with Crippen molar-refractivity contribution in [3.63, 3.8) is 0 Å². The molecule has 1 heterocycles. The zero-order chi connectivity index (χ0) is 19.9. The lowest BCUT2D eigenvalue weighted by atomic mass is 10.0. The van der Waals surface area contributed by atoms with E-state index in [1.165, 1.54) is 5.56 Å². The molecule has 6 nitrogen and oxygen atoms in total. The van der Waals surface area contributed by atoms with Crippen molar-refractivity contribution in [2.75, 3.05) is 19.8 Å². The fraction of sp³-hybridized carbons (Fsp3) is 0.476. The van der Waals surface area contributed by atoms with Crippen LogP contribution in [0.15, 0.2) is 36.7 Å². The van der Waals surface area contributed by atoms with Crippen molar-refractivity contribution in [3.8, 4) is 17.1 Å². The lowest BCUT2D eigenvalue weighted by Gasteiger charge is -2.19. The predicted octanol–water partition coefficient (Wildman–Crippen LogP) is 4.00. The molecule has 0 aliphatic rings. The monoisotopic (exact) mass is 372 g/mol. The first-order valence-corrected chi connectivity index (χ1v) is 9.09. The normalized spacial score (nSPS) is 11.5. The lowest BCUT2D eigenvalue weighted by Crippen LogP contribution is -2.27. The minimum atomic E-state index is -0.509. The average molecular weight is 372 g/mol. The molecule has 0 fully saturated rings. The number of nitrogens with zero attached hydrogens (tertiary/aromatic N) is 2. The second kappa shape index (κ2) is 9.46. The van der Waals surface area contributed by atoms with Gasteiger partial charge >= 0.3 is 5.97 Å². The molecule has 2 aromatic rings. The molecule has 1 aromatic heterocycles. The summed E-state index contributed by atoms with van der Waals surface area (Å²) in [6, 6.07) is 8.23. The minimum absolute atomic E-state index is 0.0948. The van der Waals surface area contributed by atoms with Crippen molar-refractivity contribution in [1.29, 1.82) is 0 Å². The van der Waals surface area contributed by atoms with Crippen LogP contribution in [0.5, 0.6) is 5.75 Å². The van der Waals surface area contributed by atoms with Crippen LogP contribution in [0.1, 0.15) is 46.1 Å². The average Bonchev–Trinajstić information content (AvgIpc) is 2.60. The first-order valence-electron chi connectivity index (χ1n) is 9.09. The number of carbonyl (C=O) groups is 1. The highest BCUT2D eigenvalue weighted by Gasteiger charge is 2.15. The molecule has 0 radical (unpaired) electrons. The van der Waals surface area contributed by atoms with Crippen LogP contribution in [0.25, 0.3) is 11.4 Å². The van der Waals surface area contributed by atoms with Crippen LogP contribution in [-0.4, -0.2) is 41.4 Å². The molecule has 6 heteroatoms. The topological polar surface area (TPSA) is 70.5 Å². The van der Waals surface area contributed by atoms with E-state index in [0.717, 1.165) is 5.56 Å². The maximum Gasteiger partial charge on any atom is 0.332 e. The highest BCUT2D eigenvalue weighted by atomic mass is 16.6. The summed E-state index contributed by atoms with van der Waals surface area (Å²) in [6.07, 6.45) is 3.26. The second-order valence-electron chi connectivity index (χ2n) is 7.51. The Bertz CT molecular complexity index is 719. The molecule has 1 aromatic carbocycles. The molecule has 0 aliphatic carbocycles. The third-order valence-electron chi connectivity index (χ3n) is 3.60. The van der Waals surface area contributed by atoms with E-state index in [1.807, 2.05) is 32.9 Å². The SMILES string of the molecule is CC(C)c1ccc(-c2ncc(OCCOCC(=O)OC(C)(C)C)cn2)cc1. The molecule has 0 unspecified atom stereocenters. The molecule has 0 N–H and O–H groups in total. The summed E-state index contributed by atoms with van der Waals surface area (Å²) >= 11 is 0. The van der Waals surface area contributed by atoms with Crippen LogP contribution in [-0.2, 0) is 14.3 Å². The molecule has 0 aliphatic heterocycles. The predicted molar refractivity (Wildman–Crippen MR) is 104 cm³/mol. The fourth-order valence-electron chi connectivity index (χ4n) is 2.30. The largest absolute Gasteiger partial charge is 0.488 e. The molecule has 0 spiro atoms. The van der Waals surface area contributed by atoms with Crippen molar-refractivity contribution >= 4 is 5.97 Å². The molecular weight excluding hydrogens is 344 g/mol. The van der Waals surface area contributed by atoms with Gasteiger partial charge in [-0.15, -0.1) is 0 Å². The number of ether oxygens (including phenoxy) is 3. The maximum atomic E-state index is 11.5. The Kier molecular flexibility index (Phi) is 7.30. The van der Waals surface area contributed by atoms with Crippen molar-refractivity contribution in [1.82, 2.24) is 9.97 Å². The smallest absolute Gasteiger partial charge is 0.332 e. The van der Waals surface area contributed by atoms with Gasteiger partial charge in [-0.25, -0.2) is 14.8 Å². The van der Waals surface area contributed by atoms with Crippen LogP contribution < -0.4 is 4.74 Å². The van der Waals surface area contributed by atoms with E-state index in [0.29, 0.717) is 24.1 Å². The van der Waals surface area contributed by atoms with Crippen LogP contribution in [0.4, 0.5) is 0 Å². The van der Waals surface area contributed by atoms with E-state index in [1.54, 1.807) is 12.4 Å². The van der Waals surface area contributed by atoms with Gasteiger partial charge in [0.25, 0.3) is 0 Å². The number of esters is 1. The standard InChI is InChI=1S/C21H28N2O4/c1-15(2)16-6-8-17(9-7-16)20-22-12-18(13-23-20)26-11-10-25-14-19(24)27-21(3,4)5/h6-9,12-13,15H,10-11,14H2,1-5H3. The zero-order valence-electron chi connectivity index (χ0n) is 16.7. The number of carbonyl (C=O) groups excluding carboxylic acids is 1. The fourth-order valence-corrected chi connectivity index (χ4v) is 2.30. The lowest BCUT2D eigenvalue weighted by molar-refractivity contribution is -0.160. The summed E-state index contributed by atoms with van der Waals surface area (Å²) in [5.74, 6) is 1.31. The van der Waals surface area contributed by atoms with Crippen LogP contribution in [0, 0.1) is 0 Å². The van der Waals surface area contributed by atoms with Gasteiger partial charge in [-0.1, -0.05) is 38.1 Å². The first-order chi connectivity index (χ1) is 12.7. The number of rotatable bonds is 8. The van der Waals surface area contributed by atoms with Gasteiger partial charge in [-0.05, 0) is 32.3 Å². The van der Waals surface area contributed by atoms with Gasteiger partial charge in [0.05, 0.1) is 19.0 Å². The second-order valence-corrected chi connectivity index (χ2v) is 7.51. The van der Waals surface area contributed by atoms with E-state index in [-0.39, 0.29) is 13.2 Å². The van der Waals surface area contributed by atoms with Gasteiger partial charge in [0.1, 0.15) is 18.8 Å². The Morgan fingerprint density at radius 3 is 2.22 bits per heavy atom. The molecule has 0 saturated heterocycles. The van der Waals surface area contributed by atoms with Crippen molar-refractivity contribution in [2.45, 2.75) is 46.1 Å². The van der Waals surface area contributed by atoms with Crippen molar-refractivity contribution < 1.29 is 19.0 Å². The first kappa shape index (κ1) is 20.8. The molecule has 0 atom stereocenters. The highest BCUT2D eigenvalue weighted by molar-refractivity contribution is 5.71. The Labute approximate surface area is 160 Å². The number of hydrogen-bond acceptors (Lipinski definition) is 6. The third-order valence-corrected chi connectivity index (χ3v) is 3.60. The Hall–Kier alpha value is -2.47. The Balaban J connectivity index is 1.75. The van der Waals surface area contributed by atoms with Crippen LogP contribution in [0.3, 0.4) is 0 Å². The molecule has 0 bridgehead atoms. The Morgan fingerprint density at radius 2 is 1.67 bits per heavy atom. The van der Waals surface area contributed by atoms with Gasteiger partial charge in [0, 0.05) is 5.56 Å². The van der Waals surface area contributed by atoms with Gasteiger partial charge in [-0.2, -0.15) is 0 Å². The minimum Gasteiger partial charge on any atom is -0.488 e. The quantitative estimate of drug-likeness (QED) is 0.515. The highest BCUT2D eigenvalue weighted by Crippen LogP contribution is 2.20. The van der Waals surface area contributed by atoms with Crippen molar-refractivity contribution in [3.05, 3.63) is 42.2 Å². The van der Waals surface area contributed by atoms with Crippen LogP contribution >= 0.6 is 0 Å². The zero-order valence-corrected chi connectivity index (χ0v) is 16.7. The number of benzene rings is 1. The van der Waals surface area contributed by atoms with Crippen molar-refractivity contribution in [2.24, 2.45) is 0 Å². The third kappa shape index (κ3) is 7.35. The summed E-state index contributed by atoms with van der Waals surface area (Å²) in [6.45, 7) is 10.3. The summed E-state index contributed by atoms with van der Waals surface area (Å²) in [7, 11) is 0. The van der Waals surface area contributed by atoms with E-state index in [2.05, 4.69) is 35.9 Å². The molecular formula is C21H28N2O4. The van der Waals surface area contributed by atoms with E-state index >= 15 is 0 Å². The summed E-state index contributed by atoms with van der Waals surface area (Å²) in [4.78, 5) is 20.2. The van der Waals surface area contributed by atoms with Crippen LogP contribution in [0.2, 0.25) is 0 Å². The summed E-state index contributed by atoms with van der Waals surface area (Å²) in [5.41, 5.74) is 1.74. The van der Waals surface area contributed by atoms with E-state index in [4.69, 9.17) is 14.2 Å². The molecule has 146 valence electrons. The maximum absolute atomic E-state index is 11.5. The molecule has 0 amide bonds. The molecule has 2 rings (SSSR count). The summed E-state index contributed by atoms with van der Waals surface area (Å²) < 4.78 is 15.9. The summed E-state index contributed by atoms with van der Waals surface area (Å²) in [5, 5.41) is 0.